The van der Waals surface area contributed by atoms with E-state index in [2.05, 4.69) is 22.7 Å². The number of benzene rings is 2. The predicted octanol–water partition coefficient (Wildman–Crippen LogP) is 2.83. The first-order chi connectivity index (χ1) is 9.84. The number of hydrogen-bond acceptors (Lipinski definition) is 1. The largest absolute Gasteiger partial charge is 0.508 e. The average Bonchev–Trinajstić information content (AvgIpc) is 2.52. The number of rotatable bonds is 3. The summed E-state index contributed by atoms with van der Waals surface area (Å²) in [6.07, 6.45) is 5.74. The van der Waals surface area contributed by atoms with Crippen molar-refractivity contribution < 1.29 is 5.11 Å². The molecule has 2 heteroatoms. The highest BCUT2D eigenvalue weighted by Gasteiger charge is 2.26. The van der Waals surface area contributed by atoms with Gasteiger partial charge in [-0.2, -0.15) is 0 Å². The van der Waals surface area contributed by atoms with Crippen molar-refractivity contribution in [3.05, 3.63) is 84.0 Å². The van der Waals surface area contributed by atoms with E-state index in [4.69, 9.17) is 0 Å². The van der Waals surface area contributed by atoms with E-state index in [1.54, 1.807) is 18.2 Å². The molecule has 1 N–H and O–H groups in total. The molecule has 2 aromatic rings. The van der Waals surface area contributed by atoms with E-state index in [0.29, 0.717) is 0 Å². The van der Waals surface area contributed by atoms with Gasteiger partial charge in [0.2, 0.25) is 0 Å². The Labute approximate surface area is 117 Å². The van der Waals surface area contributed by atoms with E-state index >= 15 is 0 Å². The third-order valence-electron chi connectivity index (χ3n) is 3.29. The molecule has 0 amide bonds. The van der Waals surface area contributed by atoms with Gasteiger partial charge in [0.15, 0.2) is 0 Å². The lowest BCUT2D eigenvalue weighted by Crippen LogP contribution is -2.15. The van der Waals surface area contributed by atoms with Crippen molar-refractivity contribution in [1.82, 2.24) is 4.67 Å². The standard InChI is InChI=1S/C18H13NO/c20-16-11-9-15(10-12-16)18(14-6-2-1-3-7-14)17-8-4-5-13-19-17/h1-12,18H/p+1. The fraction of sp³-hybridized carbons (Fsp3) is 0.0556. The normalized spacial score (nSPS) is 14.1. The molecule has 1 heterocycles. The molecular weight excluding hydrogens is 246 g/mol. The maximum Gasteiger partial charge on any atom is 0.329 e. The van der Waals surface area contributed by atoms with E-state index in [1.165, 1.54) is 5.56 Å². The smallest absolute Gasteiger partial charge is 0.329 e. The molecule has 0 aliphatic carbocycles. The molecule has 20 heavy (non-hydrogen) atoms. The minimum absolute atomic E-state index is 0.0502. The Morgan fingerprint density at radius 1 is 0.900 bits per heavy atom. The predicted molar refractivity (Wildman–Crippen MR) is 82.2 cm³/mol. The van der Waals surface area contributed by atoms with E-state index < -0.39 is 0 Å². The molecule has 1 atom stereocenters. The first-order valence-corrected chi connectivity index (χ1v) is 6.51. The van der Waals surface area contributed by atoms with Crippen molar-refractivity contribution in [3.8, 4) is 5.75 Å². The van der Waals surface area contributed by atoms with Crippen LogP contribution in [0.25, 0.3) is 0 Å². The summed E-state index contributed by atoms with van der Waals surface area (Å²) < 4.78 is 4.37. The monoisotopic (exact) mass is 260 g/mol. The van der Waals surface area contributed by atoms with Crippen molar-refractivity contribution in [1.29, 1.82) is 0 Å². The van der Waals surface area contributed by atoms with Crippen LogP contribution in [-0.4, -0.2) is 16.7 Å². The second-order valence-corrected chi connectivity index (χ2v) is 4.63. The van der Waals surface area contributed by atoms with Crippen molar-refractivity contribution in [3.63, 3.8) is 0 Å². The van der Waals surface area contributed by atoms with Crippen molar-refractivity contribution in [2.75, 3.05) is 0 Å². The molecule has 1 aliphatic heterocycles. The second kappa shape index (κ2) is 5.46. The highest BCUT2D eigenvalue weighted by Crippen LogP contribution is 2.27. The number of allylic oxidation sites excluding steroid dienone is 3. The van der Waals surface area contributed by atoms with Gasteiger partial charge in [0.05, 0.1) is 6.08 Å². The molecule has 0 fully saturated rings. The Hall–Kier alpha value is -2.79. The van der Waals surface area contributed by atoms with Gasteiger partial charge in [-0.15, -0.1) is 0 Å². The number of aromatic hydroxyl groups is 1. The Bertz CT molecular complexity index is 729. The van der Waals surface area contributed by atoms with Gasteiger partial charge in [-0.1, -0.05) is 42.5 Å². The summed E-state index contributed by atoms with van der Waals surface area (Å²) in [5.74, 6) is 3.21. The van der Waals surface area contributed by atoms with Crippen LogP contribution < -0.4 is 4.67 Å². The van der Waals surface area contributed by atoms with Crippen molar-refractivity contribution in [2.45, 2.75) is 5.92 Å². The first-order valence-electron chi connectivity index (χ1n) is 6.51. The van der Waals surface area contributed by atoms with Crippen LogP contribution >= 0.6 is 0 Å². The number of phenolic OH excluding ortho intramolecular Hbond substituents is 1. The Morgan fingerprint density at radius 2 is 1.60 bits per heavy atom. The highest BCUT2D eigenvalue weighted by atomic mass is 16.3. The molecule has 2 aromatic carbocycles. The lowest BCUT2D eigenvalue weighted by atomic mass is 9.86. The molecule has 1 aliphatic rings. The van der Waals surface area contributed by atoms with Gasteiger partial charge in [-0.25, -0.2) is 0 Å². The molecule has 2 nitrogen and oxygen atoms in total. The summed E-state index contributed by atoms with van der Waals surface area (Å²) >= 11 is 0. The van der Waals surface area contributed by atoms with E-state index in [-0.39, 0.29) is 11.7 Å². The minimum atomic E-state index is 0.0502. The molecule has 0 radical (unpaired) electrons. The Morgan fingerprint density at radius 3 is 2.25 bits per heavy atom. The summed E-state index contributed by atoms with van der Waals surface area (Å²) in [6.45, 7) is 0. The lowest BCUT2D eigenvalue weighted by molar-refractivity contribution is 0.475. The third-order valence-corrected chi connectivity index (χ3v) is 3.29. The first kappa shape index (κ1) is 12.3. The van der Waals surface area contributed by atoms with Crippen molar-refractivity contribution >= 4 is 11.6 Å². The topological polar surface area (TPSA) is 34.3 Å². The van der Waals surface area contributed by atoms with Crippen LogP contribution in [0, 0.1) is 0 Å². The van der Waals surface area contributed by atoms with Crippen LogP contribution in [0.1, 0.15) is 17.0 Å². The molecule has 1 unspecified atom stereocenters. The fourth-order valence-corrected chi connectivity index (χ4v) is 2.35. The minimum Gasteiger partial charge on any atom is -0.508 e. The van der Waals surface area contributed by atoms with Gasteiger partial charge in [-0.3, -0.25) is 0 Å². The maximum absolute atomic E-state index is 9.46. The van der Waals surface area contributed by atoms with Crippen LogP contribution in [0.15, 0.2) is 72.8 Å². The van der Waals surface area contributed by atoms with Gasteiger partial charge >= 0.3 is 11.6 Å². The van der Waals surface area contributed by atoms with Crippen LogP contribution in [0.4, 0.5) is 0 Å². The zero-order chi connectivity index (χ0) is 13.8. The van der Waals surface area contributed by atoms with Gasteiger partial charge in [0.1, 0.15) is 11.7 Å². The van der Waals surface area contributed by atoms with E-state index in [1.807, 2.05) is 42.5 Å². The number of phenols is 1. The molecule has 96 valence electrons. The lowest BCUT2D eigenvalue weighted by Gasteiger charge is -2.12. The van der Waals surface area contributed by atoms with Crippen LogP contribution in [0.3, 0.4) is 0 Å². The average molecular weight is 260 g/mol. The summed E-state index contributed by atoms with van der Waals surface area (Å²) in [4.78, 5) is 0. The zero-order valence-electron chi connectivity index (χ0n) is 10.9. The molecular formula is C18H14NO+. The summed E-state index contributed by atoms with van der Waals surface area (Å²) in [7, 11) is 0. The van der Waals surface area contributed by atoms with Gasteiger partial charge in [0.25, 0.3) is 0 Å². The van der Waals surface area contributed by atoms with Crippen LogP contribution in [-0.2, 0) is 0 Å². The quantitative estimate of drug-likeness (QED) is 0.846. The molecule has 0 saturated carbocycles. The number of hydrogen-bond donors (Lipinski definition) is 1. The third kappa shape index (κ3) is 2.48. The van der Waals surface area contributed by atoms with Crippen LogP contribution in [0.2, 0.25) is 0 Å². The molecule has 0 bridgehead atoms. The Balaban J connectivity index is 2.14. The van der Waals surface area contributed by atoms with Crippen molar-refractivity contribution in [2.24, 2.45) is 0 Å². The molecule has 0 saturated heterocycles. The second-order valence-electron chi connectivity index (χ2n) is 4.63. The van der Waals surface area contributed by atoms with Crippen LogP contribution in [0.5, 0.6) is 5.75 Å². The number of nitrogens with zero attached hydrogens (tertiary/aromatic N) is 1. The molecule has 0 spiro atoms. The van der Waals surface area contributed by atoms with E-state index in [9.17, 15) is 5.11 Å². The van der Waals surface area contributed by atoms with Gasteiger partial charge in [-0.05, 0) is 34.0 Å². The Kier molecular flexibility index (Phi) is 3.34. The highest BCUT2D eigenvalue weighted by molar-refractivity contribution is 6.03. The SMILES string of the molecule is Oc1ccc(C(C2=[N+]=C=CC=C2)c2ccccc2)cc1. The van der Waals surface area contributed by atoms with E-state index in [0.717, 1.165) is 11.3 Å². The summed E-state index contributed by atoms with van der Waals surface area (Å²) in [6, 6.07) is 17.5. The fourth-order valence-electron chi connectivity index (χ4n) is 2.35. The van der Waals surface area contributed by atoms with Gasteiger partial charge < -0.3 is 5.11 Å². The summed E-state index contributed by atoms with van der Waals surface area (Å²) in [5.41, 5.74) is 3.22. The van der Waals surface area contributed by atoms with Gasteiger partial charge in [0, 0.05) is 6.08 Å². The zero-order valence-corrected chi connectivity index (χ0v) is 10.9. The maximum atomic E-state index is 9.46. The summed E-state index contributed by atoms with van der Waals surface area (Å²) in [5, 5.41) is 9.46. The molecule has 3 rings (SSSR count). The molecule has 0 aromatic heterocycles.